The molecule has 0 atom stereocenters. The summed E-state index contributed by atoms with van der Waals surface area (Å²) >= 11 is -0.00469. The topological polar surface area (TPSA) is 0 Å². The molecule has 0 N–H and O–H groups in total. The van der Waals surface area contributed by atoms with Crippen molar-refractivity contribution < 1.29 is 0 Å². The average molecular weight is 229 g/mol. The predicted molar refractivity (Wildman–Crippen MR) is 45.2 cm³/mol. The van der Waals surface area contributed by atoms with Crippen LogP contribution in [0.3, 0.4) is 0 Å². The van der Waals surface area contributed by atoms with Gasteiger partial charge in [-0.15, -0.1) is 0 Å². The molecular formula is C8H18In. The van der Waals surface area contributed by atoms with Gasteiger partial charge in [0.2, 0.25) is 0 Å². The summed E-state index contributed by atoms with van der Waals surface area (Å²) in [6.07, 6.45) is 5.87. The van der Waals surface area contributed by atoms with Gasteiger partial charge >= 0.3 is 70.8 Å². The molecule has 0 aliphatic carbocycles. The van der Waals surface area contributed by atoms with Crippen molar-refractivity contribution in [2.45, 2.75) is 47.9 Å². The number of unbranched alkanes of at least 4 members (excludes halogenated alkanes) is 2. The van der Waals surface area contributed by atoms with Gasteiger partial charge in [-0.05, 0) is 0 Å². The Morgan fingerprint density at radius 1 is 0.889 bits per heavy atom. The maximum atomic E-state index is 2.29. The first-order valence-corrected chi connectivity index (χ1v) is 8.89. The van der Waals surface area contributed by atoms with Crippen molar-refractivity contribution in [2.24, 2.45) is 0 Å². The van der Waals surface area contributed by atoms with Crippen LogP contribution in [0.2, 0.25) is 8.35 Å². The standard InChI is InChI=1S/2C4H9.In/c2*1-3-4-2;/h2*1,3-4H2,2H3;. The van der Waals surface area contributed by atoms with E-state index in [2.05, 4.69) is 13.8 Å². The zero-order valence-corrected chi connectivity index (χ0v) is 10.1. The van der Waals surface area contributed by atoms with Crippen LogP contribution in [0, 0.1) is 0 Å². The van der Waals surface area contributed by atoms with Gasteiger partial charge in [-0.3, -0.25) is 0 Å². The van der Waals surface area contributed by atoms with Crippen LogP contribution in [0.15, 0.2) is 0 Å². The fourth-order valence-electron chi connectivity index (χ4n) is 0.841. The van der Waals surface area contributed by atoms with Gasteiger partial charge in [0.05, 0.1) is 0 Å². The second kappa shape index (κ2) is 8.87. The van der Waals surface area contributed by atoms with Crippen molar-refractivity contribution >= 4 is 22.9 Å². The van der Waals surface area contributed by atoms with Crippen molar-refractivity contribution in [1.82, 2.24) is 0 Å². The van der Waals surface area contributed by atoms with Gasteiger partial charge < -0.3 is 0 Å². The molecule has 0 spiro atoms. The molecule has 0 amide bonds. The van der Waals surface area contributed by atoms with Crippen LogP contribution in [0.4, 0.5) is 0 Å². The summed E-state index contributed by atoms with van der Waals surface area (Å²) < 4.78 is 3.29. The minimum atomic E-state index is -0.00469. The van der Waals surface area contributed by atoms with Gasteiger partial charge in [-0.1, -0.05) is 0 Å². The van der Waals surface area contributed by atoms with E-state index in [1.165, 1.54) is 25.7 Å². The maximum absolute atomic E-state index is 2.29. The molecule has 0 rings (SSSR count). The van der Waals surface area contributed by atoms with E-state index in [1.54, 1.807) is 8.35 Å². The first kappa shape index (κ1) is 9.87. The van der Waals surface area contributed by atoms with Gasteiger partial charge in [0.1, 0.15) is 0 Å². The van der Waals surface area contributed by atoms with Gasteiger partial charge in [0.25, 0.3) is 0 Å². The molecule has 9 heavy (non-hydrogen) atoms. The molecule has 1 heteroatoms. The Bertz CT molecular complexity index is 37.8. The van der Waals surface area contributed by atoms with E-state index < -0.39 is 0 Å². The average Bonchev–Trinajstić information content (AvgIpc) is 1.89. The van der Waals surface area contributed by atoms with Crippen molar-refractivity contribution in [3.63, 3.8) is 0 Å². The van der Waals surface area contributed by atoms with Crippen LogP contribution in [0.1, 0.15) is 39.5 Å². The summed E-state index contributed by atoms with van der Waals surface area (Å²) in [5.41, 5.74) is 0. The third-order valence-corrected chi connectivity index (χ3v) is 6.18. The molecule has 0 aromatic heterocycles. The first-order valence-electron chi connectivity index (χ1n) is 4.23. The summed E-state index contributed by atoms with van der Waals surface area (Å²) in [7, 11) is 0. The van der Waals surface area contributed by atoms with Gasteiger partial charge in [0, 0.05) is 0 Å². The second-order valence-corrected chi connectivity index (χ2v) is 7.52. The summed E-state index contributed by atoms with van der Waals surface area (Å²) in [6.45, 7) is 4.59. The van der Waals surface area contributed by atoms with Crippen LogP contribution in [-0.2, 0) is 0 Å². The van der Waals surface area contributed by atoms with E-state index in [0.29, 0.717) is 0 Å². The normalized spacial score (nSPS) is 9.56. The number of hydrogen-bond donors (Lipinski definition) is 0. The molecule has 0 aliphatic rings. The predicted octanol–water partition coefficient (Wildman–Crippen LogP) is 3.13. The van der Waals surface area contributed by atoms with Gasteiger partial charge in [-0.25, -0.2) is 0 Å². The molecule has 0 bridgehead atoms. The quantitative estimate of drug-likeness (QED) is 0.614. The molecule has 0 nitrogen and oxygen atoms in total. The Morgan fingerprint density at radius 2 is 1.33 bits per heavy atom. The molecule has 0 fully saturated rings. The van der Waals surface area contributed by atoms with Gasteiger partial charge in [-0.2, -0.15) is 0 Å². The van der Waals surface area contributed by atoms with E-state index in [1.807, 2.05) is 0 Å². The van der Waals surface area contributed by atoms with Crippen LogP contribution >= 0.6 is 0 Å². The molecule has 0 aromatic rings. The van der Waals surface area contributed by atoms with E-state index >= 15 is 0 Å². The third-order valence-electron chi connectivity index (χ3n) is 1.52. The van der Waals surface area contributed by atoms with Crippen molar-refractivity contribution in [3.05, 3.63) is 0 Å². The zero-order chi connectivity index (χ0) is 6.95. The van der Waals surface area contributed by atoms with E-state index in [9.17, 15) is 0 Å². The van der Waals surface area contributed by atoms with Crippen molar-refractivity contribution in [1.29, 1.82) is 0 Å². The molecule has 53 valence electrons. The molecule has 0 aliphatic heterocycles. The van der Waals surface area contributed by atoms with Crippen molar-refractivity contribution in [2.75, 3.05) is 0 Å². The summed E-state index contributed by atoms with van der Waals surface area (Å²) in [5.74, 6) is 0. The first-order chi connectivity index (χ1) is 4.41. The van der Waals surface area contributed by atoms with Crippen LogP contribution < -0.4 is 0 Å². The van der Waals surface area contributed by atoms with Crippen LogP contribution in [-0.4, -0.2) is 22.9 Å². The fraction of sp³-hybridized carbons (Fsp3) is 1.00. The minimum absolute atomic E-state index is 0.00469. The molecule has 0 aromatic carbocycles. The molecule has 0 unspecified atom stereocenters. The van der Waals surface area contributed by atoms with Crippen molar-refractivity contribution in [3.8, 4) is 0 Å². The zero-order valence-electron chi connectivity index (χ0n) is 6.82. The monoisotopic (exact) mass is 229 g/mol. The Kier molecular flexibility index (Phi) is 9.73. The molecule has 0 heterocycles. The third kappa shape index (κ3) is 8.87. The summed E-state index contributed by atoms with van der Waals surface area (Å²) in [4.78, 5) is 0. The Balaban J connectivity index is 2.60. The van der Waals surface area contributed by atoms with Gasteiger partial charge in [0.15, 0.2) is 0 Å². The van der Waals surface area contributed by atoms with E-state index in [4.69, 9.17) is 0 Å². The van der Waals surface area contributed by atoms with E-state index in [0.717, 1.165) is 0 Å². The number of rotatable bonds is 6. The summed E-state index contributed by atoms with van der Waals surface area (Å²) in [5, 5.41) is 0. The van der Waals surface area contributed by atoms with E-state index in [-0.39, 0.29) is 22.9 Å². The Morgan fingerprint density at radius 3 is 1.67 bits per heavy atom. The summed E-state index contributed by atoms with van der Waals surface area (Å²) in [6, 6.07) is 0. The Hall–Kier alpha value is 0.870. The molecular weight excluding hydrogens is 211 g/mol. The van der Waals surface area contributed by atoms with Crippen LogP contribution in [0.5, 0.6) is 0 Å². The van der Waals surface area contributed by atoms with Crippen LogP contribution in [0.25, 0.3) is 0 Å². The second-order valence-electron chi connectivity index (χ2n) is 2.57. The molecule has 0 saturated heterocycles. The number of hydrogen-bond acceptors (Lipinski definition) is 0. The Labute approximate surface area is 70.8 Å². The molecule has 1 radical (unpaired) electrons. The molecule has 0 saturated carbocycles. The SMILES string of the molecule is CCC[CH2][In][CH2]CCC. The fourth-order valence-corrected chi connectivity index (χ4v) is 5.64.